The summed E-state index contributed by atoms with van der Waals surface area (Å²) in [6, 6.07) is 4.90. The number of halogens is 1. The van der Waals surface area contributed by atoms with Gasteiger partial charge in [-0.2, -0.15) is 14.8 Å². The first kappa shape index (κ1) is 17.4. The SMILES string of the molecule is CCCNc1ncc(Br)cc1S(=O)(=O)N(CC#N)CC#N. The van der Waals surface area contributed by atoms with E-state index in [4.69, 9.17) is 10.5 Å². The molecule has 7 nitrogen and oxygen atoms in total. The Hall–Kier alpha value is -1.68. The first-order valence-electron chi connectivity index (χ1n) is 6.10. The van der Waals surface area contributed by atoms with E-state index in [1.807, 2.05) is 6.92 Å². The summed E-state index contributed by atoms with van der Waals surface area (Å²) in [5.74, 6) is 0.209. The summed E-state index contributed by atoms with van der Waals surface area (Å²) in [6.07, 6.45) is 2.28. The number of nitrogens with one attached hydrogen (secondary N) is 1. The first-order chi connectivity index (χ1) is 9.97. The lowest BCUT2D eigenvalue weighted by Gasteiger charge is -2.18. The fourth-order valence-electron chi connectivity index (χ4n) is 1.52. The monoisotopic (exact) mass is 371 g/mol. The number of anilines is 1. The van der Waals surface area contributed by atoms with Crippen molar-refractivity contribution in [2.75, 3.05) is 25.0 Å². The lowest BCUT2D eigenvalue weighted by molar-refractivity contribution is 0.479. The zero-order valence-corrected chi connectivity index (χ0v) is 13.8. The summed E-state index contributed by atoms with van der Waals surface area (Å²) >= 11 is 3.18. The molecule has 0 bridgehead atoms. The number of nitriles is 2. The minimum absolute atomic E-state index is 0.0594. The van der Waals surface area contributed by atoms with Crippen LogP contribution in [0.2, 0.25) is 0 Å². The van der Waals surface area contributed by atoms with E-state index in [1.165, 1.54) is 12.3 Å². The van der Waals surface area contributed by atoms with Crippen LogP contribution in [0.25, 0.3) is 0 Å². The molecule has 0 aromatic carbocycles. The van der Waals surface area contributed by atoms with Gasteiger partial charge in [0, 0.05) is 17.2 Å². The Labute approximate surface area is 132 Å². The molecule has 1 aromatic heterocycles. The minimum Gasteiger partial charge on any atom is -0.369 e. The number of aromatic nitrogens is 1. The van der Waals surface area contributed by atoms with Crippen LogP contribution in [0.4, 0.5) is 5.82 Å². The Morgan fingerprint density at radius 3 is 2.52 bits per heavy atom. The molecule has 0 saturated carbocycles. The van der Waals surface area contributed by atoms with Crippen molar-refractivity contribution >= 4 is 31.8 Å². The van der Waals surface area contributed by atoms with Gasteiger partial charge in [-0.05, 0) is 28.4 Å². The number of nitrogens with zero attached hydrogens (tertiary/aromatic N) is 4. The topological polar surface area (TPSA) is 110 Å². The van der Waals surface area contributed by atoms with E-state index >= 15 is 0 Å². The molecule has 0 aliphatic heterocycles. The van der Waals surface area contributed by atoms with Crippen molar-refractivity contribution < 1.29 is 8.42 Å². The minimum atomic E-state index is -3.98. The summed E-state index contributed by atoms with van der Waals surface area (Å²) < 4.78 is 26.5. The van der Waals surface area contributed by atoms with E-state index in [-0.39, 0.29) is 10.7 Å². The quantitative estimate of drug-likeness (QED) is 0.730. The van der Waals surface area contributed by atoms with Crippen LogP contribution in [0.3, 0.4) is 0 Å². The fourth-order valence-corrected chi connectivity index (χ4v) is 3.38. The molecule has 1 heterocycles. The average molecular weight is 372 g/mol. The van der Waals surface area contributed by atoms with Crippen molar-refractivity contribution in [1.82, 2.24) is 9.29 Å². The lowest BCUT2D eigenvalue weighted by atomic mass is 10.4. The highest BCUT2D eigenvalue weighted by Crippen LogP contribution is 2.25. The highest BCUT2D eigenvalue weighted by molar-refractivity contribution is 9.10. The average Bonchev–Trinajstić information content (AvgIpc) is 2.45. The Balaban J connectivity index is 3.31. The van der Waals surface area contributed by atoms with E-state index < -0.39 is 23.1 Å². The van der Waals surface area contributed by atoms with E-state index in [0.717, 1.165) is 10.7 Å². The predicted molar refractivity (Wildman–Crippen MR) is 80.7 cm³/mol. The lowest BCUT2D eigenvalue weighted by Crippen LogP contribution is -2.32. The third-order valence-corrected chi connectivity index (χ3v) is 4.71. The molecule has 0 spiro atoms. The van der Waals surface area contributed by atoms with Gasteiger partial charge >= 0.3 is 0 Å². The summed E-state index contributed by atoms with van der Waals surface area (Å²) in [5.41, 5.74) is 0. The number of rotatable bonds is 7. The molecule has 9 heteroatoms. The molecule has 1 rings (SSSR count). The molecule has 21 heavy (non-hydrogen) atoms. The summed E-state index contributed by atoms with van der Waals surface area (Å²) in [5, 5.41) is 20.4. The number of hydrogen-bond acceptors (Lipinski definition) is 6. The Morgan fingerprint density at radius 2 is 2.00 bits per heavy atom. The van der Waals surface area contributed by atoms with Gasteiger partial charge in [-0.15, -0.1) is 0 Å². The molecule has 0 saturated heterocycles. The first-order valence-corrected chi connectivity index (χ1v) is 8.34. The fraction of sp³-hybridized carbons (Fsp3) is 0.417. The predicted octanol–water partition coefficient (Wildman–Crippen LogP) is 1.70. The molecule has 0 amide bonds. The van der Waals surface area contributed by atoms with Gasteiger partial charge in [0.15, 0.2) is 0 Å². The molecule has 0 aliphatic carbocycles. The van der Waals surface area contributed by atoms with Crippen molar-refractivity contribution in [3.63, 3.8) is 0 Å². The highest BCUT2D eigenvalue weighted by atomic mass is 79.9. The van der Waals surface area contributed by atoms with Crippen molar-refractivity contribution in [3.05, 3.63) is 16.7 Å². The second-order valence-corrected chi connectivity index (χ2v) is 6.84. The van der Waals surface area contributed by atoms with Gasteiger partial charge in [-0.25, -0.2) is 13.4 Å². The maximum absolute atomic E-state index is 12.6. The van der Waals surface area contributed by atoms with Crippen molar-refractivity contribution in [2.24, 2.45) is 0 Å². The molecule has 0 atom stereocenters. The van der Waals surface area contributed by atoms with Crippen LogP contribution in [0, 0.1) is 22.7 Å². The third-order valence-electron chi connectivity index (χ3n) is 2.47. The van der Waals surface area contributed by atoms with Gasteiger partial charge in [0.05, 0.1) is 12.1 Å². The smallest absolute Gasteiger partial charge is 0.248 e. The Bertz CT molecular complexity index is 662. The van der Waals surface area contributed by atoms with Crippen molar-refractivity contribution in [3.8, 4) is 12.1 Å². The highest BCUT2D eigenvalue weighted by Gasteiger charge is 2.28. The molecule has 0 fully saturated rings. The van der Waals surface area contributed by atoms with Gasteiger partial charge < -0.3 is 5.32 Å². The maximum Gasteiger partial charge on any atom is 0.248 e. The largest absolute Gasteiger partial charge is 0.369 e. The Morgan fingerprint density at radius 1 is 1.38 bits per heavy atom. The van der Waals surface area contributed by atoms with Crippen LogP contribution < -0.4 is 5.32 Å². The summed E-state index contributed by atoms with van der Waals surface area (Å²) in [6.45, 7) is 1.72. The molecular formula is C12H14BrN5O2S. The van der Waals surface area contributed by atoms with E-state index in [9.17, 15) is 8.42 Å². The van der Waals surface area contributed by atoms with E-state index in [2.05, 4.69) is 26.2 Å². The molecule has 1 aromatic rings. The summed E-state index contributed by atoms with van der Waals surface area (Å²) in [4.78, 5) is 4.00. The van der Waals surface area contributed by atoms with E-state index in [0.29, 0.717) is 11.0 Å². The normalized spacial score (nSPS) is 10.9. The van der Waals surface area contributed by atoms with Crippen LogP contribution >= 0.6 is 15.9 Å². The number of pyridine rings is 1. The molecule has 0 radical (unpaired) electrons. The van der Waals surface area contributed by atoms with Crippen LogP contribution in [-0.2, 0) is 10.0 Å². The standard InChI is InChI=1S/C12H14BrN5O2S/c1-2-5-16-12-11(8-10(13)9-17-12)21(19,20)18(6-3-14)7-4-15/h8-9H,2,5-7H2,1H3,(H,16,17). The van der Waals surface area contributed by atoms with Crippen LogP contribution in [-0.4, -0.2) is 37.3 Å². The second kappa shape index (κ2) is 7.93. The molecule has 0 aliphatic rings. The van der Waals surface area contributed by atoms with Crippen LogP contribution in [0.5, 0.6) is 0 Å². The molecule has 1 N–H and O–H groups in total. The molecule has 0 unspecified atom stereocenters. The van der Waals surface area contributed by atoms with E-state index in [1.54, 1.807) is 12.1 Å². The van der Waals surface area contributed by atoms with Gasteiger partial charge in [0.25, 0.3) is 0 Å². The van der Waals surface area contributed by atoms with Crippen molar-refractivity contribution in [2.45, 2.75) is 18.2 Å². The zero-order chi connectivity index (χ0) is 15.9. The van der Waals surface area contributed by atoms with Crippen LogP contribution in [0.15, 0.2) is 21.6 Å². The molecular weight excluding hydrogens is 358 g/mol. The third kappa shape index (κ3) is 4.39. The van der Waals surface area contributed by atoms with Crippen molar-refractivity contribution in [1.29, 1.82) is 10.5 Å². The zero-order valence-electron chi connectivity index (χ0n) is 11.4. The second-order valence-electron chi connectivity index (χ2n) is 4.02. The molecule has 112 valence electrons. The van der Waals surface area contributed by atoms with Gasteiger partial charge in [-0.1, -0.05) is 6.92 Å². The Kier molecular flexibility index (Phi) is 6.56. The summed E-state index contributed by atoms with van der Waals surface area (Å²) in [7, 11) is -3.98. The van der Waals surface area contributed by atoms with Crippen LogP contribution in [0.1, 0.15) is 13.3 Å². The number of hydrogen-bond donors (Lipinski definition) is 1. The van der Waals surface area contributed by atoms with Gasteiger partial charge in [0.1, 0.15) is 23.8 Å². The number of sulfonamides is 1. The van der Waals surface area contributed by atoms with Gasteiger partial charge in [0.2, 0.25) is 10.0 Å². The maximum atomic E-state index is 12.6. The van der Waals surface area contributed by atoms with Gasteiger partial charge in [-0.3, -0.25) is 0 Å².